The van der Waals surface area contributed by atoms with Gasteiger partial charge in [-0.1, -0.05) is 17.7 Å². The first-order valence-electron chi connectivity index (χ1n) is 5.14. The van der Waals surface area contributed by atoms with Gasteiger partial charge in [0.25, 0.3) is 0 Å². The summed E-state index contributed by atoms with van der Waals surface area (Å²) in [5.41, 5.74) is 3.58. The summed E-state index contributed by atoms with van der Waals surface area (Å²) in [5.74, 6) is 5.06. The van der Waals surface area contributed by atoms with Gasteiger partial charge in [-0.05, 0) is 40.2 Å². The van der Waals surface area contributed by atoms with Gasteiger partial charge >= 0.3 is 0 Å². The van der Waals surface area contributed by atoms with E-state index in [0.29, 0.717) is 16.3 Å². The Morgan fingerprint density at radius 3 is 2.67 bits per heavy atom. The lowest BCUT2D eigenvalue weighted by Gasteiger charge is -2.16. The molecule has 0 radical (unpaired) electrons. The maximum atomic E-state index is 13.8. The van der Waals surface area contributed by atoms with E-state index >= 15 is 0 Å². The monoisotopic (exact) mass is 329 g/mol. The van der Waals surface area contributed by atoms with Gasteiger partial charge in [-0.15, -0.1) is 0 Å². The van der Waals surface area contributed by atoms with Gasteiger partial charge < -0.3 is 0 Å². The van der Waals surface area contributed by atoms with Crippen molar-refractivity contribution in [1.29, 1.82) is 0 Å². The van der Waals surface area contributed by atoms with Crippen molar-refractivity contribution in [3.8, 4) is 0 Å². The van der Waals surface area contributed by atoms with Crippen molar-refractivity contribution >= 4 is 27.5 Å². The molecule has 1 heterocycles. The summed E-state index contributed by atoms with van der Waals surface area (Å²) in [6.07, 6.45) is 1.63. The van der Waals surface area contributed by atoms with Crippen molar-refractivity contribution in [3.63, 3.8) is 0 Å². The highest BCUT2D eigenvalue weighted by Gasteiger charge is 2.17. The maximum absolute atomic E-state index is 13.8. The first kappa shape index (κ1) is 13.4. The quantitative estimate of drug-likeness (QED) is 0.671. The minimum Gasteiger partial charge on any atom is -0.271 e. The number of hydrogen-bond acceptors (Lipinski definition) is 3. The van der Waals surface area contributed by atoms with E-state index in [1.165, 1.54) is 6.07 Å². The van der Waals surface area contributed by atoms with E-state index in [2.05, 4.69) is 26.3 Å². The predicted molar refractivity (Wildman–Crippen MR) is 72.5 cm³/mol. The largest absolute Gasteiger partial charge is 0.271 e. The van der Waals surface area contributed by atoms with Crippen LogP contribution in [0.3, 0.4) is 0 Å². The Morgan fingerprint density at radius 2 is 2.11 bits per heavy atom. The number of nitrogens with one attached hydrogen (secondary N) is 1. The van der Waals surface area contributed by atoms with Crippen LogP contribution in [0.2, 0.25) is 5.02 Å². The Morgan fingerprint density at radius 1 is 1.33 bits per heavy atom. The van der Waals surface area contributed by atoms with Gasteiger partial charge in [0.15, 0.2) is 0 Å². The van der Waals surface area contributed by atoms with E-state index < -0.39 is 11.9 Å². The van der Waals surface area contributed by atoms with Crippen LogP contribution in [0.4, 0.5) is 4.39 Å². The van der Waals surface area contributed by atoms with Gasteiger partial charge in [-0.3, -0.25) is 10.8 Å². The standard InChI is InChI=1S/C12H10BrClFN3/c13-7-1-4-11(17-6-7)12(18-16)9-3-2-8(14)5-10(9)15/h1-6,12,18H,16H2. The zero-order valence-electron chi connectivity index (χ0n) is 9.20. The van der Waals surface area contributed by atoms with Crippen LogP contribution in [0.15, 0.2) is 41.0 Å². The first-order valence-corrected chi connectivity index (χ1v) is 6.31. The zero-order valence-corrected chi connectivity index (χ0v) is 11.5. The minimum absolute atomic E-state index is 0.343. The molecular formula is C12H10BrClFN3. The van der Waals surface area contributed by atoms with E-state index in [1.807, 2.05) is 6.07 Å². The molecule has 2 aromatic rings. The topological polar surface area (TPSA) is 50.9 Å². The third-order valence-electron chi connectivity index (χ3n) is 2.49. The highest BCUT2D eigenvalue weighted by Crippen LogP contribution is 2.25. The summed E-state index contributed by atoms with van der Waals surface area (Å²) in [5, 5.41) is 0.343. The predicted octanol–water partition coefficient (Wildman–Crippen LogP) is 3.19. The van der Waals surface area contributed by atoms with E-state index in [1.54, 1.807) is 24.4 Å². The summed E-state index contributed by atoms with van der Waals surface area (Å²) in [6.45, 7) is 0. The van der Waals surface area contributed by atoms with Crippen LogP contribution in [-0.2, 0) is 0 Å². The molecule has 0 aliphatic heterocycles. The minimum atomic E-state index is -0.518. The highest BCUT2D eigenvalue weighted by molar-refractivity contribution is 9.10. The molecule has 1 unspecified atom stereocenters. The molecule has 3 N–H and O–H groups in total. The number of aromatic nitrogens is 1. The average Bonchev–Trinajstić information content (AvgIpc) is 2.35. The summed E-state index contributed by atoms with van der Waals surface area (Å²) in [7, 11) is 0. The van der Waals surface area contributed by atoms with E-state index in [0.717, 1.165) is 4.47 Å². The lowest BCUT2D eigenvalue weighted by Crippen LogP contribution is -2.30. The Labute approximate surface area is 117 Å². The fourth-order valence-corrected chi connectivity index (χ4v) is 2.02. The van der Waals surface area contributed by atoms with Crippen LogP contribution in [-0.4, -0.2) is 4.98 Å². The van der Waals surface area contributed by atoms with Gasteiger partial charge in [0.2, 0.25) is 0 Å². The number of halogens is 3. The van der Waals surface area contributed by atoms with Gasteiger partial charge in [-0.2, -0.15) is 0 Å². The second kappa shape index (κ2) is 5.75. The van der Waals surface area contributed by atoms with Crippen LogP contribution in [0, 0.1) is 5.82 Å². The molecule has 0 fully saturated rings. The Balaban J connectivity index is 2.41. The Hall–Kier alpha value is -1.01. The normalized spacial score (nSPS) is 12.4. The molecule has 6 heteroatoms. The van der Waals surface area contributed by atoms with Gasteiger partial charge in [0.05, 0.1) is 11.7 Å². The summed E-state index contributed by atoms with van der Waals surface area (Å²) in [6, 6.07) is 7.52. The average molecular weight is 331 g/mol. The molecule has 0 bridgehead atoms. The van der Waals surface area contributed by atoms with Crippen LogP contribution in [0.5, 0.6) is 0 Å². The van der Waals surface area contributed by atoms with Crippen LogP contribution in [0.1, 0.15) is 17.3 Å². The molecule has 94 valence electrons. The highest BCUT2D eigenvalue weighted by atomic mass is 79.9. The first-order chi connectivity index (χ1) is 8.61. The van der Waals surface area contributed by atoms with Crippen LogP contribution >= 0.6 is 27.5 Å². The second-order valence-corrected chi connectivity index (χ2v) is 5.02. The number of nitrogens with two attached hydrogens (primary N) is 1. The fourth-order valence-electron chi connectivity index (χ4n) is 1.63. The number of nitrogens with zero attached hydrogens (tertiary/aromatic N) is 1. The van der Waals surface area contributed by atoms with Crippen molar-refractivity contribution in [3.05, 3.63) is 63.1 Å². The van der Waals surface area contributed by atoms with Gasteiger partial charge in [0.1, 0.15) is 5.82 Å². The Kier molecular flexibility index (Phi) is 4.29. The lowest BCUT2D eigenvalue weighted by molar-refractivity contribution is 0.553. The maximum Gasteiger partial charge on any atom is 0.129 e. The molecule has 0 aliphatic rings. The number of pyridine rings is 1. The SMILES string of the molecule is NNC(c1ccc(Br)cn1)c1ccc(Cl)cc1F. The molecule has 0 spiro atoms. The van der Waals surface area contributed by atoms with Crippen LogP contribution in [0.25, 0.3) is 0 Å². The van der Waals surface area contributed by atoms with Crippen molar-refractivity contribution < 1.29 is 4.39 Å². The zero-order chi connectivity index (χ0) is 13.1. The third-order valence-corrected chi connectivity index (χ3v) is 3.19. The van der Waals surface area contributed by atoms with Crippen LogP contribution < -0.4 is 11.3 Å². The van der Waals surface area contributed by atoms with E-state index in [-0.39, 0.29) is 0 Å². The lowest BCUT2D eigenvalue weighted by atomic mass is 10.0. The molecule has 0 aliphatic carbocycles. The molecule has 3 nitrogen and oxygen atoms in total. The van der Waals surface area contributed by atoms with Crippen molar-refractivity contribution in [1.82, 2.24) is 10.4 Å². The van der Waals surface area contributed by atoms with E-state index in [4.69, 9.17) is 17.4 Å². The summed E-state index contributed by atoms with van der Waals surface area (Å²) < 4.78 is 14.7. The molecule has 1 aromatic carbocycles. The molecule has 1 aromatic heterocycles. The number of hydrogen-bond donors (Lipinski definition) is 2. The molecule has 0 saturated heterocycles. The molecule has 2 rings (SSSR count). The van der Waals surface area contributed by atoms with Crippen molar-refractivity contribution in [2.24, 2.45) is 5.84 Å². The molecule has 18 heavy (non-hydrogen) atoms. The molecular weight excluding hydrogens is 321 g/mol. The number of hydrazine groups is 1. The summed E-state index contributed by atoms with van der Waals surface area (Å²) >= 11 is 9.01. The molecule has 0 saturated carbocycles. The fraction of sp³-hybridized carbons (Fsp3) is 0.0833. The summed E-state index contributed by atoms with van der Waals surface area (Å²) in [4.78, 5) is 4.20. The van der Waals surface area contributed by atoms with Gasteiger partial charge in [0, 0.05) is 21.3 Å². The van der Waals surface area contributed by atoms with Crippen molar-refractivity contribution in [2.45, 2.75) is 6.04 Å². The van der Waals surface area contributed by atoms with E-state index in [9.17, 15) is 4.39 Å². The number of benzene rings is 1. The Bertz CT molecular complexity index is 548. The molecule has 1 atom stereocenters. The second-order valence-electron chi connectivity index (χ2n) is 3.67. The number of rotatable bonds is 3. The molecule has 0 amide bonds. The van der Waals surface area contributed by atoms with Crippen molar-refractivity contribution in [2.75, 3.05) is 0 Å². The third kappa shape index (κ3) is 2.87. The smallest absolute Gasteiger partial charge is 0.129 e. The van der Waals surface area contributed by atoms with Gasteiger partial charge in [-0.25, -0.2) is 9.82 Å².